The van der Waals surface area contributed by atoms with E-state index in [0.29, 0.717) is 5.56 Å². The van der Waals surface area contributed by atoms with Gasteiger partial charge in [0.15, 0.2) is 5.78 Å². The molecule has 0 aliphatic rings. The second kappa shape index (κ2) is 7.49. The van der Waals surface area contributed by atoms with Crippen LogP contribution in [-0.4, -0.2) is 10.8 Å². The van der Waals surface area contributed by atoms with Crippen LogP contribution in [0.3, 0.4) is 0 Å². The number of nitrogens with one attached hydrogen (secondary N) is 1. The molecule has 2 heteroatoms. The SMILES string of the molecule is Cc1ccc2[nH]c(-c3ccccc3)c(C(=O)c3ccc(-c4ccccc4)cc3)c2c1. The maximum Gasteiger partial charge on any atom is 0.195 e. The predicted molar refractivity (Wildman–Crippen MR) is 124 cm³/mol. The highest BCUT2D eigenvalue weighted by Crippen LogP contribution is 2.33. The topological polar surface area (TPSA) is 32.9 Å². The Bertz CT molecular complexity index is 1330. The van der Waals surface area contributed by atoms with Gasteiger partial charge < -0.3 is 4.98 Å². The van der Waals surface area contributed by atoms with Crippen LogP contribution in [0.5, 0.6) is 0 Å². The highest BCUT2D eigenvalue weighted by Gasteiger charge is 2.21. The van der Waals surface area contributed by atoms with E-state index in [4.69, 9.17) is 0 Å². The fourth-order valence-electron chi connectivity index (χ4n) is 3.95. The molecule has 0 aliphatic carbocycles. The van der Waals surface area contributed by atoms with E-state index in [-0.39, 0.29) is 5.78 Å². The minimum Gasteiger partial charge on any atom is -0.354 e. The molecule has 0 unspecified atom stereocenters. The molecule has 0 radical (unpaired) electrons. The maximum absolute atomic E-state index is 13.7. The van der Waals surface area contributed by atoms with Crippen LogP contribution in [0.25, 0.3) is 33.3 Å². The normalized spacial score (nSPS) is 11.0. The zero-order valence-corrected chi connectivity index (χ0v) is 16.7. The second-order valence-electron chi connectivity index (χ2n) is 7.56. The summed E-state index contributed by atoms with van der Waals surface area (Å²) in [6.45, 7) is 2.05. The molecule has 1 aromatic heterocycles. The Kier molecular flexibility index (Phi) is 4.53. The molecular weight excluding hydrogens is 366 g/mol. The average Bonchev–Trinajstić information content (AvgIpc) is 3.18. The number of hydrogen-bond donors (Lipinski definition) is 1. The zero-order valence-electron chi connectivity index (χ0n) is 16.7. The van der Waals surface area contributed by atoms with Gasteiger partial charge in [0.05, 0.1) is 11.3 Å². The first-order valence-corrected chi connectivity index (χ1v) is 10.1. The molecule has 0 spiro atoms. The highest BCUT2D eigenvalue weighted by molar-refractivity contribution is 6.20. The van der Waals surface area contributed by atoms with Crippen molar-refractivity contribution < 1.29 is 4.79 Å². The van der Waals surface area contributed by atoms with Gasteiger partial charge in [0.1, 0.15) is 0 Å². The van der Waals surface area contributed by atoms with Crippen molar-refractivity contribution in [1.29, 1.82) is 0 Å². The van der Waals surface area contributed by atoms with E-state index in [1.807, 2.05) is 78.9 Å². The summed E-state index contributed by atoms with van der Waals surface area (Å²) in [5.74, 6) is 0.0327. The van der Waals surface area contributed by atoms with E-state index in [1.165, 1.54) is 0 Å². The number of aromatic amines is 1. The van der Waals surface area contributed by atoms with E-state index in [0.717, 1.165) is 44.4 Å². The van der Waals surface area contributed by atoms with Crippen molar-refractivity contribution in [3.63, 3.8) is 0 Å². The Morgan fingerprint density at radius 3 is 1.93 bits per heavy atom. The van der Waals surface area contributed by atoms with Crippen LogP contribution in [-0.2, 0) is 0 Å². The second-order valence-corrected chi connectivity index (χ2v) is 7.56. The van der Waals surface area contributed by atoms with Gasteiger partial charge in [-0.25, -0.2) is 0 Å². The van der Waals surface area contributed by atoms with Crippen molar-refractivity contribution in [3.8, 4) is 22.4 Å². The summed E-state index contributed by atoms with van der Waals surface area (Å²) in [6, 6.07) is 34.3. The molecule has 5 aromatic rings. The highest BCUT2D eigenvalue weighted by atomic mass is 16.1. The lowest BCUT2D eigenvalue weighted by Gasteiger charge is -2.07. The number of fused-ring (bicyclic) bond motifs is 1. The standard InChI is InChI=1S/C28H21NO/c1-19-12-17-25-24(18-19)26(27(29-25)22-10-6-3-7-11-22)28(30)23-15-13-21(14-16-23)20-8-4-2-5-9-20/h2-18,29H,1H3. The summed E-state index contributed by atoms with van der Waals surface area (Å²) in [6.07, 6.45) is 0. The molecule has 0 amide bonds. The van der Waals surface area contributed by atoms with Crippen LogP contribution in [0, 0.1) is 6.92 Å². The maximum atomic E-state index is 13.7. The molecule has 0 bridgehead atoms. The Morgan fingerprint density at radius 2 is 1.27 bits per heavy atom. The van der Waals surface area contributed by atoms with E-state index >= 15 is 0 Å². The molecule has 0 saturated carbocycles. The Hall–Kier alpha value is -3.91. The fourth-order valence-corrected chi connectivity index (χ4v) is 3.95. The molecule has 30 heavy (non-hydrogen) atoms. The van der Waals surface area contributed by atoms with Crippen LogP contribution in [0.2, 0.25) is 0 Å². The first-order chi connectivity index (χ1) is 14.7. The minimum absolute atomic E-state index is 0.0327. The molecule has 2 nitrogen and oxygen atoms in total. The lowest BCUT2D eigenvalue weighted by molar-refractivity contribution is 0.104. The lowest BCUT2D eigenvalue weighted by atomic mass is 9.95. The molecular formula is C28H21NO. The van der Waals surface area contributed by atoms with Crippen LogP contribution in [0.1, 0.15) is 21.5 Å². The number of hydrogen-bond acceptors (Lipinski definition) is 1. The van der Waals surface area contributed by atoms with Gasteiger partial charge in [0.2, 0.25) is 0 Å². The summed E-state index contributed by atoms with van der Waals surface area (Å²) in [4.78, 5) is 17.1. The summed E-state index contributed by atoms with van der Waals surface area (Å²) < 4.78 is 0. The van der Waals surface area contributed by atoms with Crippen molar-refractivity contribution in [2.75, 3.05) is 0 Å². The van der Waals surface area contributed by atoms with Gasteiger partial charge >= 0.3 is 0 Å². The minimum atomic E-state index is 0.0327. The fraction of sp³-hybridized carbons (Fsp3) is 0.0357. The molecule has 0 atom stereocenters. The molecule has 144 valence electrons. The van der Waals surface area contributed by atoms with Gasteiger partial charge in [0.25, 0.3) is 0 Å². The number of H-pyrrole nitrogens is 1. The number of carbonyl (C=O) groups is 1. The van der Waals surface area contributed by atoms with E-state index in [9.17, 15) is 4.79 Å². The molecule has 1 N–H and O–H groups in total. The molecule has 4 aromatic carbocycles. The van der Waals surface area contributed by atoms with Gasteiger partial charge in [-0.15, -0.1) is 0 Å². The van der Waals surface area contributed by atoms with Crippen LogP contribution >= 0.6 is 0 Å². The Labute approximate surface area is 175 Å². The van der Waals surface area contributed by atoms with Gasteiger partial charge in [-0.1, -0.05) is 96.6 Å². The molecule has 5 rings (SSSR count). The Balaban J connectivity index is 1.63. The van der Waals surface area contributed by atoms with Crippen molar-refractivity contribution >= 4 is 16.7 Å². The number of rotatable bonds is 4. The van der Waals surface area contributed by atoms with Gasteiger partial charge in [-0.2, -0.15) is 0 Å². The summed E-state index contributed by atoms with van der Waals surface area (Å²) in [5.41, 5.74) is 7.65. The third-order valence-corrected chi connectivity index (χ3v) is 5.50. The molecule has 0 saturated heterocycles. The first kappa shape index (κ1) is 18.1. The molecule has 1 heterocycles. The number of aromatic nitrogens is 1. The van der Waals surface area contributed by atoms with Crippen molar-refractivity contribution in [2.45, 2.75) is 6.92 Å². The van der Waals surface area contributed by atoms with Gasteiger partial charge in [0, 0.05) is 16.5 Å². The third kappa shape index (κ3) is 3.23. The number of carbonyl (C=O) groups excluding carboxylic acids is 1. The van der Waals surface area contributed by atoms with Crippen molar-refractivity contribution in [3.05, 3.63) is 120 Å². The lowest BCUT2D eigenvalue weighted by Crippen LogP contribution is -2.02. The van der Waals surface area contributed by atoms with E-state index < -0.39 is 0 Å². The van der Waals surface area contributed by atoms with E-state index in [2.05, 4.69) is 36.2 Å². The summed E-state index contributed by atoms with van der Waals surface area (Å²) in [7, 11) is 0. The average molecular weight is 387 g/mol. The number of benzene rings is 4. The smallest absolute Gasteiger partial charge is 0.195 e. The van der Waals surface area contributed by atoms with Gasteiger partial charge in [-0.05, 0) is 35.7 Å². The largest absolute Gasteiger partial charge is 0.354 e. The van der Waals surface area contributed by atoms with Gasteiger partial charge in [-0.3, -0.25) is 4.79 Å². The number of aryl methyl sites for hydroxylation is 1. The summed E-state index contributed by atoms with van der Waals surface area (Å²) >= 11 is 0. The van der Waals surface area contributed by atoms with E-state index in [1.54, 1.807) is 0 Å². The number of ketones is 1. The van der Waals surface area contributed by atoms with Crippen LogP contribution in [0.15, 0.2) is 103 Å². The van der Waals surface area contributed by atoms with Crippen LogP contribution in [0.4, 0.5) is 0 Å². The summed E-state index contributed by atoms with van der Waals surface area (Å²) in [5, 5.41) is 0.964. The zero-order chi connectivity index (χ0) is 20.5. The third-order valence-electron chi connectivity index (χ3n) is 5.50. The van der Waals surface area contributed by atoms with Crippen molar-refractivity contribution in [1.82, 2.24) is 4.98 Å². The molecule has 0 aliphatic heterocycles. The first-order valence-electron chi connectivity index (χ1n) is 10.1. The Morgan fingerprint density at radius 1 is 0.667 bits per heavy atom. The van der Waals surface area contributed by atoms with Crippen LogP contribution < -0.4 is 0 Å². The molecule has 0 fully saturated rings. The quantitative estimate of drug-likeness (QED) is 0.330. The monoisotopic (exact) mass is 387 g/mol. The predicted octanol–water partition coefficient (Wildman–Crippen LogP) is 7.04. The van der Waals surface area contributed by atoms with Crippen molar-refractivity contribution in [2.24, 2.45) is 0 Å².